The molecule has 3 aliphatic heterocycles. The Labute approximate surface area is 392 Å². The van der Waals surface area contributed by atoms with Gasteiger partial charge in [0.05, 0.1) is 42.7 Å². The van der Waals surface area contributed by atoms with Crippen molar-refractivity contribution in [1.82, 2.24) is 14.7 Å². The molecule has 0 spiro atoms. The van der Waals surface area contributed by atoms with Crippen molar-refractivity contribution in [2.24, 2.45) is 5.92 Å². The van der Waals surface area contributed by atoms with Crippen molar-refractivity contribution in [2.75, 3.05) is 81.9 Å². The first kappa shape index (κ1) is 57.3. The smallest absolute Gasteiger partial charge is 0.250 e. The summed E-state index contributed by atoms with van der Waals surface area (Å²) >= 11 is 0. The lowest BCUT2D eigenvalue weighted by Gasteiger charge is -2.34. The summed E-state index contributed by atoms with van der Waals surface area (Å²) in [4.78, 5) is 6.87. The molecule has 0 aromatic heterocycles. The molecule has 6 rings (SSSR count). The molecule has 3 aromatic rings. The molecule has 12 heteroatoms. The molecule has 9 nitrogen and oxygen atoms in total. The molecule has 0 saturated carbocycles. The zero-order valence-corrected chi connectivity index (χ0v) is 43.2. The van der Waals surface area contributed by atoms with Gasteiger partial charge in [-0.05, 0) is 94.7 Å². The van der Waals surface area contributed by atoms with Gasteiger partial charge in [0, 0.05) is 93.0 Å². The topological polar surface area (TPSA) is 65.1 Å². The third kappa shape index (κ3) is 17.4. The molecule has 0 amide bonds. The molecule has 0 aliphatic carbocycles. The Hall–Kier alpha value is -3.87. The van der Waals surface area contributed by atoms with Gasteiger partial charge < -0.3 is 28.4 Å². The third-order valence-corrected chi connectivity index (χ3v) is 12.3. The maximum Gasteiger partial charge on any atom is 0.250 e. The molecular weight excluding hydrogens is 832 g/mol. The van der Waals surface area contributed by atoms with Gasteiger partial charge in [-0.15, -0.1) is 0 Å². The Balaban J connectivity index is 0.000000322. The Morgan fingerprint density at radius 3 is 1.52 bits per heavy atom. The maximum absolute atomic E-state index is 13.8. The fraction of sp³-hybridized carbons (Fsp3) is 0.660. The summed E-state index contributed by atoms with van der Waals surface area (Å²) in [6.07, 6.45) is 3.74. The maximum atomic E-state index is 13.8. The average molecular weight is 918 g/mol. The molecular formula is C53H86F3N3O6. The average Bonchev–Trinajstić information content (AvgIpc) is 3.30. The van der Waals surface area contributed by atoms with Crippen LogP contribution in [-0.2, 0) is 19.6 Å². The lowest BCUT2D eigenvalue weighted by Crippen LogP contribution is -2.39. The number of alkyl halides is 3. The highest BCUT2D eigenvalue weighted by molar-refractivity contribution is 5.52. The number of hydrogen-bond donors (Lipinski definition) is 0. The van der Waals surface area contributed by atoms with Crippen LogP contribution in [-0.4, -0.2) is 108 Å². The van der Waals surface area contributed by atoms with Gasteiger partial charge >= 0.3 is 0 Å². The molecule has 3 aliphatic rings. The van der Waals surface area contributed by atoms with Crippen molar-refractivity contribution in [2.45, 2.75) is 145 Å². The van der Waals surface area contributed by atoms with E-state index in [1.54, 1.807) is 49.6 Å². The van der Waals surface area contributed by atoms with Gasteiger partial charge in [0.2, 0.25) is 0 Å². The van der Waals surface area contributed by atoms with Crippen LogP contribution in [0.5, 0.6) is 34.5 Å². The van der Waals surface area contributed by atoms with Crippen molar-refractivity contribution in [3.05, 3.63) is 69.8 Å². The Kier molecular flexibility index (Phi) is 25.0. The second-order valence-corrected chi connectivity index (χ2v) is 17.5. The number of ether oxygens (including phenoxy) is 6. The van der Waals surface area contributed by atoms with Crippen molar-refractivity contribution >= 4 is 0 Å². The molecule has 1 unspecified atom stereocenters. The minimum Gasteiger partial charge on any atom is -0.496 e. The predicted molar refractivity (Wildman–Crippen MR) is 262 cm³/mol. The first-order valence-corrected chi connectivity index (χ1v) is 23.9. The van der Waals surface area contributed by atoms with E-state index in [-0.39, 0.29) is 12.8 Å². The van der Waals surface area contributed by atoms with Gasteiger partial charge in [-0.1, -0.05) is 60.6 Å². The Morgan fingerprint density at radius 1 is 0.585 bits per heavy atom. The minimum atomic E-state index is -2.50. The number of benzene rings is 3. The Morgan fingerprint density at radius 2 is 1.05 bits per heavy atom. The molecule has 3 fully saturated rings. The molecule has 1 atom stereocenters. The number of nitrogens with zero attached hydrogens (tertiary/aromatic N) is 3. The van der Waals surface area contributed by atoms with Crippen LogP contribution < -0.4 is 28.4 Å². The van der Waals surface area contributed by atoms with Gasteiger partial charge in [-0.25, -0.2) is 13.2 Å². The van der Waals surface area contributed by atoms with Gasteiger partial charge in [-0.3, -0.25) is 14.7 Å². The molecule has 0 radical (unpaired) electrons. The molecule has 3 heterocycles. The van der Waals surface area contributed by atoms with E-state index < -0.39 is 11.6 Å². The van der Waals surface area contributed by atoms with Crippen LogP contribution in [0.25, 0.3) is 0 Å². The van der Waals surface area contributed by atoms with Gasteiger partial charge in [0.25, 0.3) is 5.92 Å². The summed E-state index contributed by atoms with van der Waals surface area (Å²) in [5.41, 5.74) is 5.56. The highest BCUT2D eigenvalue weighted by Crippen LogP contribution is 2.39. The molecule has 65 heavy (non-hydrogen) atoms. The number of likely N-dealkylation sites (tertiary alicyclic amines) is 3. The van der Waals surface area contributed by atoms with Gasteiger partial charge in [-0.2, -0.15) is 0 Å². The van der Waals surface area contributed by atoms with Gasteiger partial charge in [0.1, 0.15) is 40.2 Å². The third-order valence-electron chi connectivity index (χ3n) is 12.3. The Bertz CT molecular complexity index is 1800. The van der Waals surface area contributed by atoms with Crippen LogP contribution in [0.3, 0.4) is 0 Å². The van der Waals surface area contributed by atoms with E-state index >= 15 is 0 Å². The lowest BCUT2D eigenvalue weighted by atomic mass is 9.95. The van der Waals surface area contributed by atoms with E-state index in [4.69, 9.17) is 28.4 Å². The first-order chi connectivity index (χ1) is 31.0. The molecule has 3 saturated heterocycles. The number of halogens is 3. The highest BCUT2D eigenvalue weighted by atomic mass is 19.3. The number of methoxy groups -OCH3 is 6. The van der Waals surface area contributed by atoms with E-state index in [1.807, 2.05) is 70.7 Å². The van der Waals surface area contributed by atoms with Crippen LogP contribution in [0.1, 0.15) is 133 Å². The molecule has 370 valence electrons. The van der Waals surface area contributed by atoms with Crippen LogP contribution >= 0.6 is 0 Å². The first-order valence-electron chi connectivity index (χ1n) is 23.9. The lowest BCUT2D eigenvalue weighted by molar-refractivity contribution is -0.0567. The summed E-state index contributed by atoms with van der Waals surface area (Å²) in [5.74, 6) is 3.84. The summed E-state index contributed by atoms with van der Waals surface area (Å²) in [6, 6.07) is 12.2. The summed E-state index contributed by atoms with van der Waals surface area (Å²) in [5, 5.41) is 0. The van der Waals surface area contributed by atoms with Crippen molar-refractivity contribution in [1.29, 1.82) is 0 Å². The van der Waals surface area contributed by atoms with E-state index in [0.717, 1.165) is 88.8 Å². The summed E-state index contributed by atoms with van der Waals surface area (Å²) < 4.78 is 72.9. The number of piperidine rings is 3. The molecule has 3 aromatic carbocycles. The van der Waals surface area contributed by atoms with E-state index in [9.17, 15) is 13.2 Å². The fourth-order valence-electron chi connectivity index (χ4n) is 8.69. The van der Waals surface area contributed by atoms with Crippen molar-refractivity contribution in [3.8, 4) is 34.5 Å². The van der Waals surface area contributed by atoms with Crippen LogP contribution in [0.2, 0.25) is 0 Å². The van der Waals surface area contributed by atoms with Crippen molar-refractivity contribution in [3.63, 3.8) is 0 Å². The predicted octanol–water partition coefficient (Wildman–Crippen LogP) is 12.7. The van der Waals surface area contributed by atoms with Crippen molar-refractivity contribution < 1.29 is 41.6 Å². The number of hydrogen-bond acceptors (Lipinski definition) is 9. The second kappa shape index (κ2) is 28.3. The molecule has 0 N–H and O–H groups in total. The van der Waals surface area contributed by atoms with E-state index in [1.165, 1.54) is 37.1 Å². The van der Waals surface area contributed by atoms with Crippen LogP contribution in [0.4, 0.5) is 13.2 Å². The normalized spacial score (nSPS) is 18.2. The number of rotatable bonds is 13. The summed E-state index contributed by atoms with van der Waals surface area (Å²) in [6.45, 7) is 27.6. The SMILES string of the molecule is CC.CC.COc1cc(CN2CCC(C)(F)CC2)cc(OC)c1C.COc1ccc(CN2CCC(F)(F)CC2)c(OC)c1C.COc1ccc(CN2CCCC(C)C2)c(OC)c1C(C)C. The second-order valence-electron chi connectivity index (χ2n) is 17.5. The van der Waals surface area contributed by atoms with E-state index in [2.05, 4.69) is 42.7 Å². The monoisotopic (exact) mass is 918 g/mol. The quantitative estimate of drug-likeness (QED) is 0.167. The molecule has 0 bridgehead atoms. The van der Waals surface area contributed by atoms with Gasteiger partial charge in [0.15, 0.2) is 0 Å². The zero-order chi connectivity index (χ0) is 48.9. The van der Waals surface area contributed by atoms with Crippen LogP contribution in [0, 0.1) is 19.8 Å². The van der Waals surface area contributed by atoms with Crippen LogP contribution in [0.15, 0.2) is 36.4 Å². The highest BCUT2D eigenvalue weighted by Gasteiger charge is 2.34. The zero-order valence-electron chi connectivity index (χ0n) is 43.2. The fourth-order valence-corrected chi connectivity index (χ4v) is 8.69. The summed E-state index contributed by atoms with van der Waals surface area (Å²) in [7, 11) is 10.1. The largest absolute Gasteiger partial charge is 0.496 e. The minimum absolute atomic E-state index is 0.0650. The van der Waals surface area contributed by atoms with E-state index in [0.29, 0.717) is 38.4 Å². The standard InChI is InChI=1S/C18H29NO2.C16H24FNO2.C15H21F2NO2.2C2H6/c1-13(2)17-16(20-4)9-8-15(18(17)21-5)12-19-10-6-7-14(3)11-19;1-12-14(19-3)9-13(10-15(12)20-4)11-18-7-5-16(2,17)6-8-18;1-11-13(19-2)5-4-12(14(11)20-3)10-18-8-6-15(16,17)7-9-18;2*1-2/h8-9,13-14H,6-7,10-12H2,1-5H3;9-10H,5-8,11H2,1-4H3;4-5H,6-10H2,1-3H3;2*1-2H3.